The number of rotatable bonds is 8. The molecule has 1 heterocycles. The van der Waals surface area contributed by atoms with E-state index in [2.05, 4.69) is 35.1 Å². The molecule has 15 heavy (non-hydrogen) atoms. The number of nitrogens with zero attached hydrogens (tertiary/aromatic N) is 1. The van der Waals surface area contributed by atoms with Crippen LogP contribution in [0.15, 0.2) is 18.5 Å². The second kappa shape index (κ2) is 7.49. The van der Waals surface area contributed by atoms with Crippen molar-refractivity contribution in [1.82, 2.24) is 15.2 Å². The summed E-state index contributed by atoms with van der Waals surface area (Å²) in [6.07, 6.45) is 5.23. The third kappa shape index (κ3) is 5.00. The second-order valence-electron chi connectivity index (χ2n) is 3.78. The van der Waals surface area contributed by atoms with Crippen LogP contribution >= 0.6 is 0 Å². The number of H-pyrrole nitrogens is 1. The Morgan fingerprint density at radius 2 is 2.13 bits per heavy atom. The van der Waals surface area contributed by atoms with Gasteiger partial charge in [0.2, 0.25) is 0 Å². The number of aromatic amines is 1. The average Bonchev–Trinajstić information content (AvgIpc) is 2.76. The highest BCUT2D eigenvalue weighted by Gasteiger charge is 1.97. The first-order valence-corrected chi connectivity index (χ1v) is 5.91. The van der Waals surface area contributed by atoms with Crippen molar-refractivity contribution in [3.8, 4) is 0 Å². The summed E-state index contributed by atoms with van der Waals surface area (Å²) >= 11 is 0. The van der Waals surface area contributed by atoms with Gasteiger partial charge in [0.1, 0.15) is 0 Å². The van der Waals surface area contributed by atoms with E-state index in [9.17, 15) is 0 Å². The van der Waals surface area contributed by atoms with E-state index in [1.165, 1.54) is 18.5 Å². The van der Waals surface area contributed by atoms with Crippen molar-refractivity contribution in [2.24, 2.45) is 0 Å². The van der Waals surface area contributed by atoms with Crippen LogP contribution in [0.25, 0.3) is 0 Å². The van der Waals surface area contributed by atoms with Crippen LogP contribution in [-0.4, -0.2) is 36.1 Å². The molecule has 0 aliphatic rings. The Bertz CT molecular complexity index is 227. The number of hydrogen-bond acceptors (Lipinski definition) is 2. The number of aromatic nitrogens is 1. The van der Waals surface area contributed by atoms with Crippen molar-refractivity contribution in [3.63, 3.8) is 0 Å². The highest BCUT2D eigenvalue weighted by molar-refractivity contribution is 5.07. The van der Waals surface area contributed by atoms with Crippen LogP contribution in [-0.2, 0) is 6.54 Å². The van der Waals surface area contributed by atoms with E-state index < -0.39 is 0 Å². The van der Waals surface area contributed by atoms with Crippen molar-refractivity contribution in [2.75, 3.05) is 26.2 Å². The van der Waals surface area contributed by atoms with Gasteiger partial charge in [0.05, 0.1) is 0 Å². The maximum absolute atomic E-state index is 3.44. The lowest BCUT2D eigenvalue weighted by atomic mass is 10.3. The molecule has 0 spiro atoms. The normalized spacial score (nSPS) is 11.1. The molecule has 0 aromatic carbocycles. The van der Waals surface area contributed by atoms with Crippen LogP contribution in [0.2, 0.25) is 0 Å². The lowest BCUT2D eigenvalue weighted by Crippen LogP contribution is -2.27. The van der Waals surface area contributed by atoms with Gasteiger partial charge in [-0.2, -0.15) is 0 Å². The fraction of sp³-hybridized carbons (Fsp3) is 0.667. The maximum atomic E-state index is 3.44. The lowest BCUT2D eigenvalue weighted by Gasteiger charge is -2.17. The highest BCUT2D eigenvalue weighted by Crippen LogP contribution is 1.95. The summed E-state index contributed by atoms with van der Waals surface area (Å²) in [7, 11) is 0. The summed E-state index contributed by atoms with van der Waals surface area (Å²) in [5.41, 5.74) is 1.33. The molecule has 3 heteroatoms. The van der Waals surface area contributed by atoms with Crippen molar-refractivity contribution in [1.29, 1.82) is 0 Å². The van der Waals surface area contributed by atoms with E-state index in [1.807, 2.05) is 12.4 Å². The second-order valence-corrected chi connectivity index (χ2v) is 3.78. The van der Waals surface area contributed by atoms with Crippen LogP contribution in [0.4, 0.5) is 0 Å². The van der Waals surface area contributed by atoms with Gasteiger partial charge in [-0.15, -0.1) is 0 Å². The smallest absolute Gasteiger partial charge is 0.0220 e. The van der Waals surface area contributed by atoms with Gasteiger partial charge < -0.3 is 15.2 Å². The number of hydrogen-bond donors (Lipinski definition) is 2. The minimum Gasteiger partial charge on any atom is -0.367 e. The Balaban J connectivity index is 1.97. The first kappa shape index (κ1) is 12.3. The fourth-order valence-corrected chi connectivity index (χ4v) is 1.67. The molecular formula is C12H23N3. The summed E-state index contributed by atoms with van der Waals surface area (Å²) < 4.78 is 0. The molecule has 2 N–H and O–H groups in total. The lowest BCUT2D eigenvalue weighted by molar-refractivity contribution is 0.298. The van der Waals surface area contributed by atoms with Gasteiger partial charge in [0.15, 0.2) is 0 Å². The van der Waals surface area contributed by atoms with Crippen LogP contribution in [0.1, 0.15) is 25.8 Å². The van der Waals surface area contributed by atoms with Crippen LogP contribution in [0, 0.1) is 0 Å². The molecule has 0 saturated heterocycles. The van der Waals surface area contributed by atoms with E-state index >= 15 is 0 Å². The SMILES string of the molecule is CCN(CC)CCCNCc1cc[nH]c1. The van der Waals surface area contributed by atoms with Gasteiger partial charge in [0, 0.05) is 18.9 Å². The molecule has 0 aliphatic heterocycles. The zero-order chi connectivity index (χ0) is 10.9. The van der Waals surface area contributed by atoms with Gasteiger partial charge >= 0.3 is 0 Å². The molecule has 0 saturated carbocycles. The van der Waals surface area contributed by atoms with Gasteiger partial charge in [-0.05, 0) is 44.2 Å². The molecule has 0 amide bonds. The molecule has 86 valence electrons. The molecule has 0 atom stereocenters. The van der Waals surface area contributed by atoms with Gasteiger partial charge in [-0.1, -0.05) is 13.8 Å². The molecule has 1 aromatic heterocycles. The zero-order valence-electron chi connectivity index (χ0n) is 9.92. The Hall–Kier alpha value is -0.800. The third-order valence-corrected chi connectivity index (χ3v) is 2.71. The molecule has 1 aromatic rings. The number of nitrogens with one attached hydrogen (secondary N) is 2. The third-order valence-electron chi connectivity index (χ3n) is 2.71. The van der Waals surface area contributed by atoms with Gasteiger partial charge in [-0.25, -0.2) is 0 Å². The molecular weight excluding hydrogens is 186 g/mol. The molecule has 0 fully saturated rings. The molecule has 3 nitrogen and oxygen atoms in total. The van der Waals surface area contributed by atoms with Crippen molar-refractivity contribution in [2.45, 2.75) is 26.8 Å². The topological polar surface area (TPSA) is 31.1 Å². The van der Waals surface area contributed by atoms with Crippen LogP contribution in [0.5, 0.6) is 0 Å². The minimum atomic E-state index is 0.974. The average molecular weight is 209 g/mol. The predicted molar refractivity (Wildman–Crippen MR) is 64.9 cm³/mol. The Morgan fingerprint density at radius 1 is 1.33 bits per heavy atom. The van der Waals surface area contributed by atoms with Crippen LogP contribution in [0.3, 0.4) is 0 Å². The summed E-state index contributed by atoms with van der Waals surface area (Å²) in [5.74, 6) is 0. The standard InChI is InChI=1S/C12H23N3/c1-3-15(4-2)9-5-7-13-10-12-6-8-14-11-12/h6,8,11,13-14H,3-5,7,9-10H2,1-2H3. The monoisotopic (exact) mass is 209 g/mol. The van der Waals surface area contributed by atoms with E-state index in [-0.39, 0.29) is 0 Å². The Morgan fingerprint density at radius 3 is 2.73 bits per heavy atom. The van der Waals surface area contributed by atoms with E-state index in [0.29, 0.717) is 0 Å². The summed E-state index contributed by atoms with van der Waals surface area (Å²) in [6.45, 7) is 10.0. The van der Waals surface area contributed by atoms with Crippen molar-refractivity contribution in [3.05, 3.63) is 24.0 Å². The van der Waals surface area contributed by atoms with Crippen molar-refractivity contribution >= 4 is 0 Å². The summed E-state index contributed by atoms with van der Waals surface area (Å²) in [4.78, 5) is 5.52. The molecule has 0 radical (unpaired) electrons. The molecule has 0 aliphatic carbocycles. The zero-order valence-corrected chi connectivity index (χ0v) is 9.92. The summed E-state index contributed by atoms with van der Waals surface area (Å²) in [6, 6.07) is 2.11. The van der Waals surface area contributed by atoms with Gasteiger partial charge in [-0.3, -0.25) is 0 Å². The Kier molecular flexibility index (Phi) is 6.12. The molecule has 0 bridgehead atoms. The predicted octanol–water partition coefficient (Wildman–Crippen LogP) is 1.84. The quantitative estimate of drug-likeness (QED) is 0.640. The Labute approximate surface area is 92.9 Å². The fourth-order valence-electron chi connectivity index (χ4n) is 1.67. The first-order valence-electron chi connectivity index (χ1n) is 5.91. The van der Waals surface area contributed by atoms with E-state index in [1.54, 1.807) is 0 Å². The highest BCUT2D eigenvalue weighted by atomic mass is 15.1. The van der Waals surface area contributed by atoms with Crippen LogP contribution < -0.4 is 5.32 Å². The minimum absolute atomic E-state index is 0.974. The molecule has 0 unspecified atom stereocenters. The molecule has 1 rings (SSSR count). The largest absolute Gasteiger partial charge is 0.367 e. The maximum Gasteiger partial charge on any atom is 0.0220 e. The summed E-state index contributed by atoms with van der Waals surface area (Å²) in [5, 5.41) is 3.44. The van der Waals surface area contributed by atoms with E-state index in [4.69, 9.17) is 0 Å². The van der Waals surface area contributed by atoms with Crippen molar-refractivity contribution < 1.29 is 0 Å². The van der Waals surface area contributed by atoms with E-state index in [0.717, 1.165) is 26.2 Å². The van der Waals surface area contributed by atoms with Gasteiger partial charge in [0.25, 0.3) is 0 Å². The first-order chi connectivity index (χ1) is 7.36.